The third-order valence-corrected chi connectivity index (χ3v) is 3.85. The van der Waals surface area contributed by atoms with Crippen LogP contribution in [0.2, 0.25) is 0 Å². The third kappa shape index (κ3) is 2.72. The molecule has 0 saturated carbocycles. The normalized spacial score (nSPS) is 14.6. The van der Waals surface area contributed by atoms with Gasteiger partial charge in [-0.15, -0.1) is 0 Å². The van der Waals surface area contributed by atoms with Crippen LogP contribution in [-0.4, -0.2) is 15.2 Å². The van der Waals surface area contributed by atoms with E-state index in [4.69, 9.17) is 0 Å². The second kappa shape index (κ2) is 5.16. The van der Waals surface area contributed by atoms with E-state index in [0.29, 0.717) is 6.42 Å². The Bertz CT molecular complexity index is 390. The van der Waals surface area contributed by atoms with Gasteiger partial charge in [0.05, 0.1) is 20.9 Å². The molecule has 1 aromatic carbocycles. The average Bonchev–Trinajstić information content (AvgIpc) is 2.26. The molecule has 0 N–H and O–H groups in total. The molecule has 0 amide bonds. The first-order chi connectivity index (χ1) is 7.07. The van der Waals surface area contributed by atoms with Crippen molar-refractivity contribution in [2.45, 2.75) is 30.4 Å². The van der Waals surface area contributed by atoms with Gasteiger partial charge in [0.2, 0.25) is 0 Å². The molecule has 0 aliphatic heterocycles. The first-order valence-corrected chi connectivity index (χ1v) is 5.97. The lowest BCUT2D eigenvalue weighted by Crippen LogP contribution is -2.22. The van der Waals surface area contributed by atoms with E-state index < -0.39 is 21.9 Å². The smallest absolute Gasteiger partial charge is 0.148 e. The molecule has 0 spiro atoms. The maximum atomic E-state index is 13.3. The van der Waals surface area contributed by atoms with Crippen molar-refractivity contribution >= 4 is 16.6 Å². The Labute approximate surface area is 91.0 Å². The highest BCUT2D eigenvalue weighted by atomic mass is 32.2. The van der Waals surface area contributed by atoms with Gasteiger partial charge in [-0.25, -0.2) is 4.39 Å². The van der Waals surface area contributed by atoms with E-state index >= 15 is 0 Å². The lowest BCUT2D eigenvalue weighted by molar-refractivity contribution is -0.118. The topological polar surface area (TPSA) is 34.1 Å². The van der Waals surface area contributed by atoms with Crippen molar-refractivity contribution in [2.75, 3.05) is 0 Å². The summed E-state index contributed by atoms with van der Waals surface area (Å²) in [6.45, 7) is 3.27. The van der Waals surface area contributed by atoms with Crippen LogP contribution in [0.5, 0.6) is 0 Å². The van der Waals surface area contributed by atoms with Crippen LogP contribution in [0.1, 0.15) is 20.3 Å². The first-order valence-electron chi connectivity index (χ1n) is 4.75. The van der Waals surface area contributed by atoms with Gasteiger partial charge in [0, 0.05) is 6.42 Å². The minimum atomic E-state index is -1.59. The fraction of sp³-hybridized carbons (Fsp3) is 0.364. The molecule has 0 fully saturated rings. The molecule has 0 heterocycles. The van der Waals surface area contributed by atoms with E-state index in [9.17, 15) is 13.4 Å². The SMILES string of the molecule is CCC(=O)C(C)S(=O)c1ccccc1F. The molecule has 0 aliphatic carbocycles. The molecular weight excluding hydrogens is 215 g/mol. The zero-order valence-corrected chi connectivity index (χ0v) is 9.51. The summed E-state index contributed by atoms with van der Waals surface area (Å²) >= 11 is 0. The maximum absolute atomic E-state index is 13.3. The molecule has 4 heteroatoms. The van der Waals surface area contributed by atoms with Crippen LogP contribution >= 0.6 is 0 Å². The van der Waals surface area contributed by atoms with E-state index in [1.54, 1.807) is 19.9 Å². The first kappa shape index (κ1) is 12.0. The van der Waals surface area contributed by atoms with Crippen molar-refractivity contribution in [3.05, 3.63) is 30.1 Å². The van der Waals surface area contributed by atoms with Crippen molar-refractivity contribution < 1.29 is 13.4 Å². The molecule has 1 rings (SSSR count). The van der Waals surface area contributed by atoms with E-state index in [0.717, 1.165) is 0 Å². The van der Waals surface area contributed by atoms with Crippen LogP contribution in [0.25, 0.3) is 0 Å². The largest absolute Gasteiger partial charge is 0.298 e. The highest BCUT2D eigenvalue weighted by Crippen LogP contribution is 2.16. The van der Waals surface area contributed by atoms with Gasteiger partial charge in [-0.1, -0.05) is 19.1 Å². The summed E-state index contributed by atoms with van der Waals surface area (Å²) in [6.07, 6.45) is 0.321. The fourth-order valence-corrected chi connectivity index (χ4v) is 2.46. The van der Waals surface area contributed by atoms with Crippen LogP contribution in [0, 0.1) is 5.82 Å². The lowest BCUT2D eigenvalue weighted by atomic mass is 10.2. The molecule has 0 saturated heterocycles. The Morgan fingerprint density at radius 3 is 2.60 bits per heavy atom. The highest BCUT2D eigenvalue weighted by molar-refractivity contribution is 7.86. The molecule has 0 aromatic heterocycles. The molecule has 82 valence electrons. The summed E-state index contributed by atoms with van der Waals surface area (Å²) in [5, 5.41) is -0.646. The Kier molecular flexibility index (Phi) is 4.15. The number of carbonyl (C=O) groups is 1. The average molecular weight is 228 g/mol. The number of ketones is 1. The number of halogens is 1. The van der Waals surface area contributed by atoms with Crippen LogP contribution < -0.4 is 0 Å². The molecule has 1 aromatic rings. The lowest BCUT2D eigenvalue weighted by Gasteiger charge is -2.09. The second-order valence-corrected chi connectivity index (χ2v) is 4.93. The zero-order valence-electron chi connectivity index (χ0n) is 8.70. The molecule has 0 bridgehead atoms. The zero-order chi connectivity index (χ0) is 11.4. The van der Waals surface area contributed by atoms with Gasteiger partial charge in [-0.05, 0) is 19.1 Å². The Morgan fingerprint density at radius 1 is 1.47 bits per heavy atom. The van der Waals surface area contributed by atoms with Crippen LogP contribution in [0.15, 0.2) is 29.2 Å². The molecule has 2 unspecified atom stereocenters. The summed E-state index contributed by atoms with van der Waals surface area (Å²) in [5.74, 6) is -0.636. The molecule has 2 nitrogen and oxygen atoms in total. The van der Waals surface area contributed by atoms with E-state index in [1.165, 1.54) is 18.2 Å². The Morgan fingerprint density at radius 2 is 2.07 bits per heavy atom. The molecule has 0 aliphatic rings. The molecule has 15 heavy (non-hydrogen) atoms. The summed E-state index contributed by atoms with van der Waals surface area (Å²) in [6, 6.07) is 5.84. The van der Waals surface area contributed by atoms with Crippen molar-refractivity contribution in [1.82, 2.24) is 0 Å². The Hall–Kier alpha value is -1.03. The van der Waals surface area contributed by atoms with Crippen LogP contribution in [0.4, 0.5) is 4.39 Å². The number of carbonyl (C=O) groups excluding carboxylic acids is 1. The Balaban J connectivity index is 2.95. The van der Waals surface area contributed by atoms with Gasteiger partial charge in [0.25, 0.3) is 0 Å². The van der Waals surface area contributed by atoms with Crippen molar-refractivity contribution in [1.29, 1.82) is 0 Å². The summed E-state index contributed by atoms with van der Waals surface area (Å²) in [5.41, 5.74) is 0. The van der Waals surface area contributed by atoms with E-state index in [2.05, 4.69) is 0 Å². The highest BCUT2D eigenvalue weighted by Gasteiger charge is 2.21. The number of Topliss-reactive ketones (excluding diaryl/α,β-unsaturated/α-hetero) is 1. The minimum Gasteiger partial charge on any atom is -0.298 e. The fourth-order valence-electron chi connectivity index (χ4n) is 1.21. The molecule has 2 atom stereocenters. The molecular formula is C11H13FO2S. The van der Waals surface area contributed by atoms with Gasteiger partial charge in [-0.2, -0.15) is 0 Å². The van der Waals surface area contributed by atoms with Crippen LogP contribution in [0.3, 0.4) is 0 Å². The van der Waals surface area contributed by atoms with E-state index in [1.807, 2.05) is 0 Å². The standard InChI is InChI=1S/C11H13FO2S/c1-3-10(13)8(2)15(14)11-7-5-4-6-9(11)12/h4-8H,3H2,1-2H3. The quantitative estimate of drug-likeness (QED) is 0.792. The van der Waals surface area contributed by atoms with Gasteiger partial charge >= 0.3 is 0 Å². The number of hydrogen-bond donors (Lipinski definition) is 0. The van der Waals surface area contributed by atoms with Crippen molar-refractivity contribution in [3.63, 3.8) is 0 Å². The second-order valence-electron chi connectivity index (χ2n) is 3.19. The van der Waals surface area contributed by atoms with E-state index in [-0.39, 0.29) is 10.7 Å². The number of hydrogen-bond acceptors (Lipinski definition) is 2. The molecule has 0 radical (unpaired) electrons. The maximum Gasteiger partial charge on any atom is 0.148 e. The number of benzene rings is 1. The van der Waals surface area contributed by atoms with Crippen LogP contribution in [-0.2, 0) is 15.6 Å². The summed E-state index contributed by atoms with van der Waals surface area (Å²) < 4.78 is 25.1. The summed E-state index contributed by atoms with van der Waals surface area (Å²) in [7, 11) is -1.59. The number of rotatable bonds is 4. The predicted molar refractivity (Wildman–Crippen MR) is 57.6 cm³/mol. The van der Waals surface area contributed by atoms with Crippen molar-refractivity contribution in [2.24, 2.45) is 0 Å². The summed E-state index contributed by atoms with van der Waals surface area (Å²) in [4.78, 5) is 11.4. The predicted octanol–water partition coefficient (Wildman–Crippen LogP) is 2.30. The third-order valence-electron chi connectivity index (χ3n) is 2.18. The van der Waals surface area contributed by atoms with Gasteiger partial charge in [0.1, 0.15) is 11.6 Å². The van der Waals surface area contributed by atoms with Gasteiger partial charge in [0.15, 0.2) is 0 Å². The van der Waals surface area contributed by atoms with Gasteiger partial charge in [-0.3, -0.25) is 9.00 Å². The van der Waals surface area contributed by atoms with Gasteiger partial charge < -0.3 is 0 Å². The monoisotopic (exact) mass is 228 g/mol. The minimum absolute atomic E-state index is 0.104. The van der Waals surface area contributed by atoms with Crippen molar-refractivity contribution in [3.8, 4) is 0 Å².